The second kappa shape index (κ2) is 13.5. The van der Waals surface area contributed by atoms with E-state index in [4.69, 9.17) is 24.5 Å². The van der Waals surface area contributed by atoms with Crippen LogP contribution < -0.4 is 10.6 Å². The minimum atomic E-state index is -1.82. The van der Waals surface area contributed by atoms with Crippen LogP contribution in [0.1, 0.15) is 86.0 Å². The van der Waals surface area contributed by atoms with E-state index in [-0.39, 0.29) is 17.0 Å². The molecule has 1 fully saturated rings. The molecule has 8 heteroatoms. The minimum Gasteiger partial charge on any atom is -0.473 e. The van der Waals surface area contributed by atoms with Gasteiger partial charge in [0.05, 0.1) is 13.2 Å². The molecule has 0 radical (unpaired) electrons. The van der Waals surface area contributed by atoms with Crippen LogP contribution >= 0.6 is 0 Å². The van der Waals surface area contributed by atoms with Crippen LogP contribution in [0.3, 0.4) is 0 Å². The van der Waals surface area contributed by atoms with Crippen LogP contribution in [-0.4, -0.2) is 58.4 Å². The van der Waals surface area contributed by atoms with Gasteiger partial charge in [0.2, 0.25) is 0 Å². The fraction of sp³-hybridized carbons (Fsp3) is 0.857. The Morgan fingerprint density at radius 1 is 0.931 bits per heavy atom. The molecule has 0 aliphatic carbocycles. The number of carbonyl (C=O) groups excluding carboxylic acids is 1. The first-order valence-corrected chi connectivity index (χ1v) is 10.5. The number of hydrogen-bond acceptors (Lipinski definition) is 6. The van der Waals surface area contributed by atoms with Crippen molar-refractivity contribution in [1.82, 2.24) is 10.6 Å². The molecule has 0 bridgehead atoms. The van der Waals surface area contributed by atoms with E-state index in [0.717, 1.165) is 25.7 Å². The molecule has 0 amide bonds. The zero-order valence-electron chi connectivity index (χ0n) is 18.7. The van der Waals surface area contributed by atoms with E-state index in [1.54, 1.807) is 0 Å². The number of ether oxygens (including phenoxy) is 1. The molecule has 0 unspecified atom stereocenters. The normalized spacial score (nSPS) is 17.7. The van der Waals surface area contributed by atoms with Gasteiger partial charge < -0.3 is 25.6 Å². The molecule has 0 saturated carbocycles. The molecule has 29 heavy (non-hydrogen) atoms. The first-order chi connectivity index (χ1) is 13.4. The van der Waals surface area contributed by atoms with Gasteiger partial charge in [-0.1, -0.05) is 39.0 Å². The summed E-state index contributed by atoms with van der Waals surface area (Å²) in [6, 6.07) is 0.364. The first kappa shape index (κ1) is 27.3. The van der Waals surface area contributed by atoms with E-state index in [2.05, 4.69) is 45.3 Å². The van der Waals surface area contributed by atoms with E-state index in [1.165, 1.54) is 25.7 Å². The lowest BCUT2D eigenvalue weighted by atomic mass is 9.79. The van der Waals surface area contributed by atoms with Crippen LogP contribution in [0.25, 0.3) is 0 Å². The zero-order valence-corrected chi connectivity index (χ0v) is 18.7. The monoisotopic (exact) mass is 416 g/mol. The third-order valence-corrected chi connectivity index (χ3v) is 4.67. The Hall–Kier alpha value is -1.67. The molecule has 0 atom stereocenters. The highest BCUT2D eigenvalue weighted by atomic mass is 16.5. The number of carboxylic acids is 2. The third-order valence-electron chi connectivity index (χ3n) is 4.67. The van der Waals surface area contributed by atoms with Crippen LogP contribution in [0.2, 0.25) is 0 Å². The van der Waals surface area contributed by atoms with Gasteiger partial charge in [-0.2, -0.15) is 0 Å². The van der Waals surface area contributed by atoms with Crippen molar-refractivity contribution in [2.45, 2.75) is 103 Å². The average molecular weight is 417 g/mol. The van der Waals surface area contributed by atoms with Crippen molar-refractivity contribution >= 4 is 17.9 Å². The number of carboxylic acid groups (broad SMARTS) is 2. The lowest BCUT2D eigenvalue weighted by Crippen LogP contribution is -2.62. The number of unbranched alkanes of at least 4 members (excludes halogenated alkanes) is 5. The number of aliphatic carboxylic acids is 2. The topological polar surface area (TPSA) is 125 Å². The molecule has 4 N–H and O–H groups in total. The van der Waals surface area contributed by atoms with Gasteiger partial charge in [-0.15, -0.1) is 0 Å². The molecule has 0 aromatic rings. The summed E-state index contributed by atoms with van der Waals surface area (Å²) in [5, 5.41) is 21.8. The number of hydrogen-bond donors (Lipinski definition) is 4. The number of esters is 1. The summed E-state index contributed by atoms with van der Waals surface area (Å²) in [7, 11) is 0. The van der Waals surface area contributed by atoms with Crippen molar-refractivity contribution in [3.63, 3.8) is 0 Å². The van der Waals surface area contributed by atoms with E-state index in [0.29, 0.717) is 19.2 Å². The van der Waals surface area contributed by atoms with Crippen LogP contribution in [-0.2, 0) is 19.1 Å². The van der Waals surface area contributed by atoms with Crippen molar-refractivity contribution in [2.75, 3.05) is 13.2 Å². The van der Waals surface area contributed by atoms with Crippen molar-refractivity contribution in [3.8, 4) is 0 Å². The van der Waals surface area contributed by atoms with Gasteiger partial charge in [-0.05, 0) is 47.0 Å². The predicted octanol–water partition coefficient (Wildman–Crippen LogP) is 2.94. The van der Waals surface area contributed by atoms with Crippen LogP contribution in [0.5, 0.6) is 0 Å². The van der Waals surface area contributed by atoms with Gasteiger partial charge in [-0.25, -0.2) is 9.59 Å². The Morgan fingerprint density at radius 3 is 1.90 bits per heavy atom. The second-order valence-corrected chi connectivity index (χ2v) is 8.98. The van der Waals surface area contributed by atoms with Gasteiger partial charge in [0.25, 0.3) is 0 Å². The molecule has 1 saturated heterocycles. The highest BCUT2D eigenvalue weighted by Gasteiger charge is 2.37. The summed E-state index contributed by atoms with van der Waals surface area (Å²) in [4.78, 5) is 30.0. The largest absolute Gasteiger partial charge is 0.473 e. The maximum Gasteiger partial charge on any atom is 0.414 e. The summed E-state index contributed by atoms with van der Waals surface area (Å²) in [5.41, 5.74) is 0.198. The van der Waals surface area contributed by atoms with E-state index >= 15 is 0 Å². The molecular weight excluding hydrogens is 376 g/mol. The predicted molar refractivity (Wildman–Crippen MR) is 112 cm³/mol. The molecule has 0 aromatic carbocycles. The summed E-state index contributed by atoms with van der Waals surface area (Å²) in [6.45, 7) is 12.0. The van der Waals surface area contributed by atoms with Crippen molar-refractivity contribution in [2.24, 2.45) is 0 Å². The second-order valence-electron chi connectivity index (χ2n) is 8.98. The SMILES string of the molecule is CCCCCCCCOC(=O)CNC1CC(C)(C)NC(C)(C)C1.O=C(O)C(=O)O. The Bertz CT molecular complexity index is 491. The molecular formula is C21H40N2O6. The quantitative estimate of drug-likeness (QED) is 0.243. The van der Waals surface area contributed by atoms with Crippen molar-refractivity contribution in [3.05, 3.63) is 0 Å². The molecule has 0 spiro atoms. The van der Waals surface area contributed by atoms with Gasteiger partial charge in [0.15, 0.2) is 0 Å². The molecule has 1 aliphatic heterocycles. The highest BCUT2D eigenvalue weighted by Crippen LogP contribution is 2.28. The van der Waals surface area contributed by atoms with Gasteiger partial charge in [-0.3, -0.25) is 4.79 Å². The summed E-state index contributed by atoms with van der Waals surface area (Å²) in [6.07, 6.45) is 9.34. The standard InChI is InChI=1S/C19H38N2O2.C2H2O4/c1-6-7-8-9-10-11-12-23-17(22)15-20-16-13-18(2,3)21-19(4,5)14-16;3-1(4)2(5)6/h16,20-21H,6-15H2,1-5H3;(H,3,4)(H,5,6). The maximum absolute atomic E-state index is 11.8. The van der Waals surface area contributed by atoms with E-state index < -0.39 is 11.9 Å². The van der Waals surface area contributed by atoms with Crippen molar-refractivity contribution in [1.29, 1.82) is 0 Å². The van der Waals surface area contributed by atoms with Gasteiger partial charge in [0.1, 0.15) is 0 Å². The first-order valence-electron chi connectivity index (χ1n) is 10.5. The fourth-order valence-corrected chi connectivity index (χ4v) is 3.81. The molecule has 1 aliphatic rings. The summed E-state index contributed by atoms with van der Waals surface area (Å²) >= 11 is 0. The smallest absolute Gasteiger partial charge is 0.414 e. The van der Waals surface area contributed by atoms with Gasteiger partial charge >= 0.3 is 17.9 Å². The molecule has 0 aromatic heterocycles. The number of carbonyl (C=O) groups is 3. The molecule has 170 valence electrons. The highest BCUT2D eigenvalue weighted by molar-refractivity contribution is 6.27. The molecule has 1 rings (SSSR count). The van der Waals surface area contributed by atoms with Crippen LogP contribution in [0.15, 0.2) is 0 Å². The van der Waals surface area contributed by atoms with E-state index in [1.807, 2.05) is 0 Å². The summed E-state index contributed by atoms with van der Waals surface area (Å²) < 4.78 is 5.33. The molecule has 8 nitrogen and oxygen atoms in total. The Labute approximate surface area is 174 Å². The molecule has 1 heterocycles. The fourth-order valence-electron chi connectivity index (χ4n) is 3.81. The minimum absolute atomic E-state index is 0.0990. The van der Waals surface area contributed by atoms with Crippen LogP contribution in [0, 0.1) is 0 Å². The third kappa shape index (κ3) is 14.9. The number of piperidine rings is 1. The summed E-state index contributed by atoms with van der Waals surface area (Å²) in [5.74, 6) is -3.77. The number of rotatable bonds is 10. The van der Waals surface area contributed by atoms with Gasteiger partial charge in [0, 0.05) is 17.1 Å². The Balaban J connectivity index is 0.00000113. The van der Waals surface area contributed by atoms with Crippen molar-refractivity contribution < 1.29 is 29.3 Å². The van der Waals surface area contributed by atoms with E-state index in [9.17, 15) is 4.79 Å². The van der Waals surface area contributed by atoms with Crippen LogP contribution in [0.4, 0.5) is 0 Å². The Kier molecular flexibility index (Phi) is 12.8. The maximum atomic E-state index is 11.8. The number of nitrogens with one attached hydrogen (secondary N) is 2. The lowest BCUT2D eigenvalue weighted by Gasteiger charge is -2.46. The lowest BCUT2D eigenvalue weighted by molar-refractivity contribution is -0.159. The average Bonchev–Trinajstić information content (AvgIpc) is 2.57. The zero-order chi connectivity index (χ0) is 22.5. The Morgan fingerprint density at radius 2 is 1.41 bits per heavy atom.